The summed E-state index contributed by atoms with van der Waals surface area (Å²) < 4.78 is 0. The summed E-state index contributed by atoms with van der Waals surface area (Å²) in [6.45, 7) is 17.8. The van der Waals surface area contributed by atoms with Gasteiger partial charge in [-0.05, 0) is 145 Å². The van der Waals surface area contributed by atoms with Gasteiger partial charge >= 0.3 is 0 Å². The van der Waals surface area contributed by atoms with E-state index in [2.05, 4.69) is 189 Å². The van der Waals surface area contributed by atoms with Crippen LogP contribution in [0.3, 0.4) is 0 Å². The van der Waals surface area contributed by atoms with Crippen molar-refractivity contribution in [2.45, 2.75) is 61.7 Å². The molecule has 0 fully saturated rings. The van der Waals surface area contributed by atoms with E-state index in [4.69, 9.17) is 6.42 Å². The van der Waals surface area contributed by atoms with Crippen molar-refractivity contribution in [1.29, 1.82) is 0 Å². The second-order valence-corrected chi connectivity index (χ2v) is 16.3. The maximum absolute atomic E-state index is 5.71. The van der Waals surface area contributed by atoms with E-state index >= 15 is 0 Å². The molecule has 0 amide bonds. The molecule has 0 aliphatic heterocycles. The van der Waals surface area contributed by atoms with Crippen molar-refractivity contribution in [3.63, 3.8) is 0 Å². The van der Waals surface area contributed by atoms with E-state index in [9.17, 15) is 0 Å². The van der Waals surface area contributed by atoms with Crippen molar-refractivity contribution in [3.05, 3.63) is 178 Å². The highest BCUT2D eigenvalue weighted by Gasteiger charge is 2.29. The predicted octanol–water partition coefficient (Wildman–Crippen LogP) is 13.6. The van der Waals surface area contributed by atoms with Crippen LogP contribution in [0.4, 0.5) is 0 Å². The quantitative estimate of drug-likeness (QED) is 0.0635. The zero-order chi connectivity index (χ0) is 39.2. The highest BCUT2D eigenvalue weighted by Crippen LogP contribution is 2.46. The summed E-state index contributed by atoms with van der Waals surface area (Å²) in [7, 11) is 0. The molecule has 8 rings (SSSR count). The minimum atomic E-state index is 0.118. The molecule has 0 bridgehead atoms. The minimum absolute atomic E-state index is 0.118. The van der Waals surface area contributed by atoms with Gasteiger partial charge in [-0.2, -0.15) is 0 Å². The Bertz CT molecular complexity index is 2780. The van der Waals surface area contributed by atoms with E-state index in [1.165, 1.54) is 116 Å². The van der Waals surface area contributed by atoms with Gasteiger partial charge in [-0.15, -0.1) is 6.42 Å². The van der Waals surface area contributed by atoms with Crippen LogP contribution >= 0.6 is 0 Å². The van der Waals surface area contributed by atoms with Gasteiger partial charge in [0.2, 0.25) is 6.71 Å². The Morgan fingerprint density at radius 3 is 1.38 bits per heavy atom. The van der Waals surface area contributed by atoms with Crippen LogP contribution in [0.2, 0.25) is 6.32 Å². The van der Waals surface area contributed by atoms with E-state index in [0.29, 0.717) is 0 Å². The number of hydrogen-bond donors (Lipinski definition) is 0. The largest absolute Gasteiger partial charge is 0.214 e. The fourth-order valence-electron chi connectivity index (χ4n) is 9.28. The Morgan fingerprint density at radius 1 is 0.518 bits per heavy atom. The fraction of sp³-hybridized carbons (Fsp3) is 0.164. The molecule has 0 aliphatic rings. The molecular weight excluding hydrogens is 671 g/mol. The van der Waals surface area contributed by atoms with Crippen LogP contribution < -0.4 is 10.9 Å². The van der Waals surface area contributed by atoms with Crippen LogP contribution in [0.1, 0.15) is 47.2 Å². The third kappa shape index (κ3) is 6.76. The maximum atomic E-state index is 5.71. The molecule has 8 aromatic rings. The number of terminal acetylenes is 1. The number of hydrogen-bond acceptors (Lipinski definition) is 0. The van der Waals surface area contributed by atoms with Crippen molar-refractivity contribution in [2.75, 3.05) is 0 Å². The van der Waals surface area contributed by atoms with E-state index in [-0.39, 0.29) is 6.71 Å². The zero-order valence-corrected chi connectivity index (χ0v) is 34.1. The number of allylic oxidation sites excluding steroid dienone is 4. The second kappa shape index (κ2) is 14.9. The molecule has 0 spiro atoms. The molecule has 8 aromatic carbocycles. The molecule has 56 heavy (non-hydrogen) atoms. The Kier molecular flexibility index (Phi) is 9.78. The lowest BCUT2D eigenvalue weighted by molar-refractivity contribution is 1.31. The Balaban J connectivity index is 1.54. The topological polar surface area (TPSA) is 0 Å². The zero-order valence-electron chi connectivity index (χ0n) is 34.1. The highest BCUT2D eigenvalue weighted by molar-refractivity contribution is 6.88. The Morgan fingerprint density at radius 2 is 0.929 bits per heavy atom. The van der Waals surface area contributed by atoms with Gasteiger partial charge in [-0.25, -0.2) is 0 Å². The SMILES string of the molecule is C#C/C=C(C)\C=C(\C)CB(c1c(C)cc(C)cc1C)c1cc(-c2ccc(C)cc2)c2ccc3c(-c4ccc(C)cc4)cc(-c4ccc(C)cc4)c4ccc1c2c43. The average molecular weight is 721 g/mol. The van der Waals surface area contributed by atoms with E-state index in [0.717, 1.165) is 11.9 Å². The van der Waals surface area contributed by atoms with Crippen LogP contribution in [0, 0.1) is 53.9 Å². The summed E-state index contributed by atoms with van der Waals surface area (Å²) in [5.41, 5.74) is 20.5. The first-order valence-electron chi connectivity index (χ1n) is 19.9. The van der Waals surface area contributed by atoms with Gasteiger partial charge in [0.15, 0.2) is 0 Å². The van der Waals surface area contributed by atoms with Crippen LogP contribution in [-0.4, -0.2) is 6.71 Å². The van der Waals surface area contributed by atoms with Gasteiger partial charge in [0.25, 0.3) is 0 Å². The van der Waals surface area contributed by atoms with Crippen LogP contribution in [0.15, 0.2) is 145 Å². The highest BCUT2D eigenvalue weighted by atomic mass is 14.2. The fourth-order valence-corrected chi connectivity index (χ4v) is 9.28. The predicted molar refractivity (Wildman–Crippen MR) is 247 cm³/mol. The summed E-state index contributed by atoms with van der Waals surface area (Å²) in [4.78, 5) is 0. The standard InChI is InChI=1S/C55H49B/c1-10-11-37(5)28-39(7)33-56(55-40(8)29-38(6)30-41(55)9)52-32-51(44-22-16-36(4)17-23-44)47-25-24-45-49(42-18-12-34(2)13-19-42)31-50(43-20-14-35(3)15-21-43)46-26-27-48(52)54(47)53(45)46/h1,11-32H,33H2,2-9H3/b37-11-,39-28-. The summed E-state index contributed by atoms with van der Waals surface area (Å²) in [6.07, 6.45) is 10.7. The lowest BCUT2D eigenvalue weighted by Crippen LogP contribution is -2.45. The summed E-state index contributed by atoms with van der Waals surface area (Å²) in [5, 5.41) is 7.86. The molecule has 0 saturated heterocycles. The number of aryl methyl sites for hydroxylation is 6. The first kappa shape index (κ1) is 36.9. The molecule has 272 valence electrons. The number of benzene rings is 8. The molecule has 1 heteroatoms. The van der Waals surface area contributed by atoms with E-state index in [1.54, 1.807) is 0 Å². The Hall–Kier alpha value is -6.10. The molecule has 0 nitrogen and oxygen atoms in total. The smallest absolute Gasteiger partial charge is 0.115 e. The average Bonchev–Trinajstić information content (AvgIpc) is 3.17. The molecule has 0 heterocycles. The molecule has 0 radical (unpaired) electrons. The van der Waals surface area contributed by atoms with Crippen LogP contribution in [0.5, 0.6) is 0 Å². The summed E-state index contributed by atoms with van der Waals surface area (Å²) >= 11 is 0. The Labute approximate surface area is 334 Å². The van der Waals surface area contributed by atoms with Gasteiger partial charge in [0.1, 0.15) is 0 Å². The molecule has 0 N–H and O–H groups in total. The number of rotatable bonds is 8. The first-order chi connectivity index (χ1) is 27.0. The second-order valence-electron chi connectivity index (χ2n) is 16.3. The van der Waals surface area contributed by atoms with Gasteiger partial charge in [0.05, 0.1) is 0 Å². The van der Waals surface area contributed by atoms with Gasteiger partial charge in [-0.3, -0.25) is 0 Å². The maximum Gasteiger partial charge on any atom is 0.214 e. The summed E-state index contributed by atoms with van der Waals surface area (Å²) in [6, 6.07) is 46.5. The molecular formula is C55H49B. The van der Waals surface area contributed by atoms with Gasteiger partial charge < -0.3 is 0 Å². The van der Waals surface area contributed by atoms with Crippen molar-refractivity contribution in [3.8, 4) is 45.7 Å². The van der Waals surface area contributed by atoms with E-state index < -0.39 is 0 Å². The molecule has 0 aliphatic carbocycles. The molecule has 0 saturated carbocycles. The lowest BCUT2D eigenvalue weighted by Gasteiger charge is -2.26. The summed E-state index contributed by atoms with van der Waals surface area (Å²) in [5.74, 6) is 2.73. The van der Waals surface area contributed by atoms with Crippen molar-refractivity contribution < 1.29 is 0 Å². The normalized spacial score (nSPS) is 12.2. The van der Waals surface area contributed by atoms with Crippen LogP contribution in [0.25, 0.3) is 65.7 Å². The molecule has 0 unspecified atom stereocenters. The van der Waals surface area contributed by atoms with Crippen molar-refractivity contribution >= 4 is 50.0 Å². The van der Waals surface area contributed by atoms with E-state index in [1.807, 2.05) is 6.08 Å². The minimum Gasteiger partial charge on any atom is -0.115 e. The third-order valence-electron chi connectivity index (χ3n) is 11.8. The van der Waals surface area contributed by atoms with Gasteiger partial charge in [-0.1, -0.05) is 177 Å². The van der Waals surface area contributed by atoms with Gasteiger partial charge in [0, 0.05) is 0 Å². The molecule has 0 aromatic heterocycles. The third-order valence-corrected chi connectivity index (χ3v) is 11.8. The first-order valence-corrected chi connectivity index (χ1v) is 19.9. The van der Waals surface area contributed by atoms with Crippen molar-refractivity contribution in [2.24, 2.45) is 0 Å². The lowest BCUT2D eigenvalue weighted by atomic mass is 9.35. The van der Waals surface area contributed by atoms with Crippen molar-refractivity contribution in [1.82, 2.24) is 0 Å². The monoisotopic (exact) mass is 720 g/mol. The van der Waals surface area contributed by atoms with Crippen LogP contribution in [-0.2, 0) is 0 Å². The molecule has 0 atom stereocenters.